The maximum atomic E-state index is 9.52. The van der Waals surface area contributed by atoms with Crippen LogP contribution < -0.4 is 5.73 Å². The Morgan fingerprint density at radius 1 is 1.37 bits per heavy atom. The first-order valence-corrected chi connectivity index (χ1v) is 8.21. The predicted molar refractivity (Wildman–Crippen MR) is 82.2 cm³/mol. The van der Waals surface area contributed by atoms with Gasteiger partial charge in [0.2, 0.25) is 0 Å². The average Bonchev–Trinajstić information content (AvgIpc) is 2.80. The molecule has 0 aliphatic heterocycles. The zero-order chi connectivity index (χ0) is 14.3. The molecule has 0 spiro atoms. The highest BCUT2D eigenvalue weighted by Gasteiger charge is 2.38. The van der Waals surface area contributed by atoms with E-state index in [0.29, 0.717) is 12.0 Å². The molecule has 19 heavy (non-hydrogen) atoms. The maximum Gasteiger partial charge on any atom is 0.0613 e. The molecule has 114 valence electrons. The molecule has 3 unspecified atom stereocenters. The van der Waals surface area contributed by atoms with Crippen LogP contribution in [0.1, 0.15) is 65.7 Å². The van der Waals surface area contributed by atoms with Crippen LogP contribution in [-0.4, -0.2) is 41.3 Å². The number of unbranched alkanes of at least 4 members (excludes halogenated alkanes) is 1. The zero-order valence-corrected chi connectivity index (χ0v) is 13.2. The molecule has 1 aliphatic carbocycles. The van der Waals surface area contributed by atoms with Crippen LogP contribution in [0, 0.1) is 5.92 Å². The van der Waals surface area contributed by atoms with Gasteiger partial charge in [-0.25, -0.2) is 0 Å². The first-order chi connectivity index (χ1) is 9.07. The Morgan fingerprint density at radius 2 is 2.11 bits per heavy atom. The summed E-state index contributed by atoms with van der Waals surface area (Å²) in [7, 11) is 0. The summed E-state index contributed by atoms with van der Waals surface area (Å²) in [5.74, 6) is 0.505. The van der Waals surface area contributed by atoms with Gasteiger partial charge >= 0.3 is 0 Å². The van der Waals surface area contributed by atoms with Crippen molar-refractivity contribution in [3.05, 3.63) is 0 Å². The molecule has 1 aliphatic rings. The Labute approximate surface area is 119 Å². The summed E-state index contributed by atoms with van der Waals surface area (Å²) < 4.78 is 0. The number of nitrogens with two attached hydrogens (primary N) is 1. The third-order valence-electron chi connectivity index (χ3n) is 5.08. The van der Waals surface area contributed by atoms with Crippen molar-refractivity contribution in [2.75, 3.05) is 19.7 Å². The summed E-state index contributed by atoms with van der Waals surface area (Å²) in [5, 5.41) is 9.52. The first kappa shape index (κ1) is 16.9. The molecule has 1 saturated carbocycles. The van der Waals surface area contributed by atoms with Crippen molar-refractivity contribution < 1.29 is 5.11 Å². The lowest BCUT2D eigenvalue weighted by atomic mass is 9.86. The molecule has 3 atom stereocenters. The van der Waals surface area contributed by atoms with Crippen LogP contribution in [0.25, 0.3) is 0 Å². The van der Waals surface area contributed by atoms with E-state index in [1.54, 1.807) is 0 Å². The van der Waals surface area contributed by atoms with E-state index in [1.807, 2.05) is 0 Å². The molecule has 0 aromatic carbocycles. The molecule has 3 N–H and O–H groups in total. The lowest BCUT2D eigenvalue weighted by molar-refractivity contribution is 0.132. The molecule has 0 radical (unpaired) electrons. The Hall–Kier alpha value is -0.120. The quantitative estimate of drug-likeness (QED) is 0.677. The fourth-order valence-electron chi connectivity index (χ4n) is 3.30. The van der Waals surface area contributed by atoms with Gasteiger partial charge in [0.15, 0.2) is 0 Å². The van der Waals surface area contributed by atoms with Crippen molar-refractivity contribution in [3.63, 3.8) is 0 Å². The van der Waals surface area contributed by atoms with Crippen molar-refractivity contribution in [1.29, 1.82) is 0 Å². The highest BCUT2D eigenvalue weighted by atomic mass is 16.3. The maximum absolute atomic E-state index is 9.52. The molecule has 3 nitrogen and oxygen atoms in total. The van der Waals surface area contributed by atoms with E-state index < -0.39 is 0 Å². The van der Waals surface area contributed by atoms with Crippen molar-refractivity contribution in [3.8, 4) is 0 Å². The fourth-order valence-corrected chi connectivity index (χ4v) is 3.30. The molecule has 0 heterocycles. The number of rotatable bonds is 9. The second kappa shape index (κ2) is 8.23. The Kier molecular flexibility index (Phi) is 7.33. The molecule has 0 bridgehead atoms. The first-order valence-electron chi connectivity index (χ1n) is 8.21. The monoisotopic (exact) mass is 270 g/mol. The molecule has 0 aromatic heterocycles. The number of nitrogens with zero attached hydrogens (tertiary/aromatic N) is 1. The second-order valence-electron chi connectivity index (χ2n) is 6.42. The third kappa shape index (κ3) is 4.73. The predicted octanol–water partition coefficient (Wildman–Crippen LogP) is 2.77. The van der Waals surface area contributed by atoms with E-state index in [1.165, 1.54) is 38.6 Å². The van der Waals surface area contributed by atoms with Crippen LogP contribution in [-0.2, 0) is 0 Å². The molecular weight excluding hydrogens is 236 g/mol. The van der Waals surface area contributed by atoms with Crippen LogP contribution in [0.3, 0.4) is 0 Å². The van der Waals surface area contributed by atoms with Crippen molar-refractivity contribution in [2.45, 2.75) is 77.3 Å². The summed E-state index contributed by atoms with van der Waals surface area (Å²) in [6.45, 7) is 9.33. The molecule has 3 heteroatoms. The van der Waals surface area contributed by atoms with Gasteiger partial charge < -0.3 is 15.7 Å². The van der Waals surface area contributed by atoms with E-state index in [-0.39, 0.29) is 12.1 Å². The van der Waals surface area contributed by atoms with Gasteiger partial charge in [0.05, 0.1) is 6.61 Å². The Morgan fingerprint density at radius 3 is 2.68 bits per heavy atom. The lowest BCUT2D eigenvalue weighted by Crippen LogP contribution is -2.48. The van der Waals surface area contributed by atoms with Gasteiger partial charge in [-0.15, -0.1) is 0 Å². The number of hydrogen-bond donors (Lipinski definition) is 2. The van der Waals surface area contributed by atoms with E-state index in [2.05, 4.69) is 25.7 Å². The van der Waals surface area contributed by atoms with Crippen molar-refractivity contribution in [2.24, 2.45) is 11.7 Å². The minimum Gasteiger partial charge on any atom is -0.394 e. The standard InChI is InChI=1S/C16H34N2O/c1-4-6-11-18(14(3)5-2)12-9-15-8-7-10-16(15,17)13-19/h14-15,19H,4-13,17H2,1-3H3. The van der Waals surface area contributed by atoms with Gasteiger partial charge in [0, 0.05) is 11.6 Å². The summed E-state index contributed by atoms with van der Waals surface area (Å²) in [6, 6.07) is 0.661. The van der Waals surface area contributed by atoms with Gasteiger partial charge in [0.1, 0.15) is 0 Å². The van der Waals surface area contributed by atoms with Crippen LogP contribution >= 0.6 is 0 Å². The molecular formula is C16H34N2O. The number of aliphatic hydroxyl groups is 1. The molecule has 1 rings (SSSR count). The van der Waals surface area contributed by atoms with Crippen molar-refractivity contribution >= 4 is 0 Å². The highest BCUT2D eigenvalue weighted by molar-refractivity contribution is 4.96. The van der Waals surface area contributed by atoms with Crippen LogP contribution in [0.5, 0.6) is 0 Å². The normalized spacial score (nSPS) is 29.1. The van der Waals surface area contributed by atoms with Gasteiger partial charge in [-0.3, -0.25) is 0 Å². The summed E-state index contributed by atoms with van der Waals surface area (Å²) in [5.41, 5.74) is 6.03. The summed E-state index contributed by atoms with van der Waals surface area (Å²) in [6.07, 6.45) is 8.26. The molecule has 1 fully saturated rings. The van der Waals surface area contributed by atoms with E-state index >= 15 is 0 Å². The number of hydrogen-bond acceptors (Lipinski definition) is 3. The van der Waals surface area contributed by atoms with Gasteiger partial charge in [-0.1, -0.05) is 26.7 Å². The summed E-state index contributed by atoms with van der Waals surface area (Å²) >= 11 is 0. The SMILES string of the molecule is CCCCN(CCC1CCCC1(N)CO)C(C)CC. The van der Waals surface area contributed by atoms with E-state index in [0.717, 1.165) is 19.4 Å². The number of aliphatic hydroxyl groups excluding tert-OH is 1. The largest absolute Gasteiger partial charge is 0.394 e. The average molecular weight is 270 g/mol. The van der Waals surface area contributed by atoms with Crippen LogP contribution in [0.2, 0.25) is 0 Å². The summed E-state index contributed by atoms with van der Waals surface area (Å²) in [4.78, 5) is 2.61. The highest BCUT2D eigenvalue weighted by Crippen LogP contribution is 2.35. The minimum absolute atomic E-state index is 0.149. The van der Waals surface area contributed by atoms with Crippen LogP contribution in [0.15, 0.2) is 0 Å². The topological polar surface area (TPSA) is 49.5 Å². The molecule has 0 amide bonds. The van der Waals surface area contributed by atoms with Gasteiger partial charge in [0.25, 0.3) is 0 Å². The van der Waals surface area contributed by atoms with Crippen LogP contribution in [0.4, 0.5) is 0 Å². The Bertz CT molecular complexity index is 247. The zero-order valence-electron chi connectivity index (χ0n) is 13.2. The van der Waals surface area contributed by atoms with Gasteiger partial charge in [-0.05, 0) is 58.0 Å². The second-order valence-corrected chi connectivity index (χ2v) is 6.42. The fraction of sp³-hybridized carbons (Fsp3) is 1.00. The van der Waals surface area contributed by atoms with Crippen molar-refractivity contribution in [1.82, 2.24) is 4.90 Å². The van der Waals surface area contributed by atoms with E-state index in [9.17, 15) is 5.11 Å². The molecule has 0 aromatic rings. The van der Waals surface area contributed by atoms with E-state index in [4.69, 9.17) is 5.73 Å². The lowest BCUT2D eigenvalue weighted by Gasteiger charge is -2.33. The Balaban J connectivity index is 2.46. The van der Waals surface area contributed by atoms with Gasteiger partial charge in [-0.2, -0.15) is 0 Å². The minimum atomic E-state index is -0.300. The molecule has 0 saturated heterocycles. The third-order valence-corrected chi connectivity index (χ3v) is 5.08. The smallest absolute Gasteiger partial charge is 0.0613 e.